The number of rotatable bonds is 4. The average Bonchev–Trinajstić information content (AvgIpc) is 2.26. The number of nitrogens with zero attached hydrogens (tertiary/aromatic N) is 1. The van der Waals surface area contributed by atoms with E-state index in [-0.39, 0.29) is 18.5 Å². The topological polar surface area (TPSA) is 69.4 Å². The van der Waals surface area contributed by atoms with Crippen LogP contribution in [0.3, 0.4) is 0 Å². The molecule has 5 nitrogen and oxygen atoms in total. The number of hydrogen-bond donors (Lipinski definition) is 0. The normalized spacial score (nSPS) is 9.67. The largest absolute Gasteiger partial charge is 0.379 e. The molecule has 6 heteroatoms. The van der Waals surface area contributed by atoms with Crippen LogP contribution in [0.25, 0.3) is 0 Å². The van der Waals surface area contributed by atoms with Gasteiger partial charge < -0.3 is 0 Å². The molecule has 1 rings (SSSR count). The third-order valence-electron chi connectivity index (χ3n) is 1.84. The standard InChI is InChI=1S/C9H8FNO4/c10-15-9(12)8-3-1-7(2-4-8)5-6-11(13)14/h1-4H,5-6H2. The summed E-state index contributed by atoms with van der Waals surface area (Å²) in [6, 6.07) is 5.76. The second-order valence-electron chi connectivity index (χ2n) is 2.87. The van der Waals surface area contributed by atoms with Crippen LogP contribution in [0.1, 0.15) is 15.9 Å². The Balaban J connectivity index is 2.64. The van der Waals surface area contributed by atoms with Gasteiger partial charge in [-0.2, -0.15) is 0 Å². The second-order valence-corrected chi connectivity index (χ2v) is 2.87. The minimum atomic E-state index is -1.07. The lowest BCUT2D eigenvalue weighted by molar-refractivity contribution is -0.479. The summed E-state index contributed by atoms with van der Waals surface area (Å²) in [4.78, 5) is 23.4. The van der Waals surface area contributed by atoms with Crippen molar-refractivity contribution in [1.29, 1.82) is 0 Å². The molecular formula is C9H8FNO4. The van der Waals surface area contributed by atoms with Crippen LogP contribution in [-0.4, -0.2) is 17.4 Å². The summed E-state index contributed by atoms with van der Waals surface area (Å²) in [6.45, 7) is -0.174. The molecule has 0 fully saturated rings. The lowest BCUT2D eigenvalue weighted by Gasteiger charge is -1.98. The van der Waals surface area contributed by atoms with Crippen molar-refractivity contribution in [3.8, 4) is 0 Å². The van der Waals surface area contributed by atoms with Crippen molar-refractivity contribution < 1.29 is 19.2 Å². The maximum atomic E-state index is 11.5. The van der Waals surface area contributed by atoms with Crippen molar-refractivity contribution in [1.82, 2.24) is 0 Å². The van der Waals surface area contributed by atoms with Crippen molar-refractivity contribution in [2.45, 2.75) is 6.42 Å². The van der Waals surface area contributed by atoms with Crippen molar-refractivity contribution >= 4 is 5.97 Å². The molecule has 0 amide bonds. The molecule has 1 aromatic carbocycles. The summed E-state index contributed by atoms with van der Waals surface area (Å²) in [5, 5.41) is 10.1. The van der Waals surface area contributed by atoms with Crippen LogP contribution in [-0.2, 0) is 11.4 Å². The van der Waals surface area contributed by atoms with Crippen molar-refractivity contribution in [3.05, 3.63) is 45.5 Å². The van der Waals surface area contributed by atoms with Gasteiger partial charge in [-0.25, -0.2) is 9.74 Å². The van der Waals surface area contributed by atoms with E-state index in [1.54, 1.807) is 0 Å². The van der Waals surface area contributed by atoms with Gasteiger partial charge in [-0.1, -0.05) is 12.1 Å². The molecule has 0 aliphatic heterocycles. The summed E-state index contributed by atoms with van der Waals surface area (Å²) < 4.78 is 11.5. The van der Waals surface area contributed by atoms with Gasteiger partial charge in [0.15, 0.2) is 0 Å². The fourth-order valence-electron chi connectivity index (χ4n) is 1.07. The van der Waals surface area contributed by atoms with Gasteiger partial charge in [0.05, 0.1) is 5.56 Å². The molecule has 0 radical (unpaired) electrons. The Morgan fingerprint density at radius 1 is 1.40 bits per heavy atom. The highest BCUT2D eigenvalue weighted by Crippen LogP contribution is 2.06. The maximum Gasteiger partial charge on any atom is 0.379 e. The third-order valence-corrected chi connectivity index (χ3v) is 1.84. The summed E-state index contributed by atoms with van der Waals surface area (Å²) in [5.74, 6) is -1.07. The van der Waals surface area contributed by atoms with Gasteiger partial charge in [0.1, 0.15) is 0 Å². The third kappa shape index (κ3) is 3.34. The van der Waals surface area contributed by atoms with Gasteiger partial charge in [0.25, 0.3) is 0 Å². The number of carbonyl (C=O) groups is 1. The highest BCUT2D eigenvalue weighted by Gasteiger charge is 2.07. The number of benzene rings is 1. The zero-order valence-corrected chi connectivity index (χ0v) is 7.68. The Morgan fingerprint density at radius 3 is 2.47 bits per heavy atom. The first-order valence-electron chi connectivity index (χ1n) is 4.17. The van der Waals surface area contributed by atoms with E-state index in [1.807, 2.05) is 0 Å². The molecule has 0 unspecified atom stereocenters. The zero-order valence-electron chi connectivity index (χ0n) is 7.68. The Kier molecular flexibility index (Phi) is 3.73. The van der Waals surface area contributed by atoms with E-state index in [0.717, 1.165) is 0 Å². The fourth-order valence-corrected chi connectivity index (χ4v) is 1.07. The first-order valence-corrected chi connectivity index (χ1v) is 4.17. The Labute approximate surface area is 84.5 Å². The summed E-state index contributed by atoms with van der Waals surface area (Å²) in [6.07, 6.45) is 0.276. The van der Waals surface area contributed by atoms with E-state index in [9.17, 15) is 19.4 Å². The molecule has 0 N–H and O–H groups in total. The van der Waals surface area contributed by atoms with Gasteiger partial charge >= 0.3 is 5.97 Å². The van der Waals surface area contributed by atoms with Gasteiger partial charge in [-0.15, -0.1) is 0 Å². The average molecular weight is 213 g/mol. The molecule has 0 aromatic heterocycles. The number of halogens is 1. The van der Waals surface area contributed by atoms with Crippen LogP contribution in [0, 0.1) is 10.1 Å². The van der Waals surface area contributed by atoms with Gasteiger partial charge in [0.2, 0.25) is 6.54 Å². The fraction of sp³-hybridized carbons (Fsp3) is 0.222. The highest BCUT2D eigenvalue weighted by atomic mass is 19.3. The smallest absolute Gasteiger partial charge is 0.265 e. The molecule has 0 heterocycles. The minimum absolute atomic E-state index is 0.0716. The summed E-state index contributed by atoms with van der Waals surface area (Å²) in [5.41, 5.74) is 0.782. The van der Waals surface area contributed by atoms with Crippen molar-refractivity contribution in [3.63, 3.8) is 0 Å². The lowest BCUT2D eigenvalue weighted by Crippen LogP contribution is -2.04. The predicted octanol–water partition coefficient (Wildman–Crippen LogP) is 1.55. The van der Waals surface area contributed by atoms with Crippen LogP contribution in [0.5, 0.6) is 0 Å². The van der Waals surface area contributed by atoms with Crippen LogP contribution in [0.15, 0.2) is 24.3 Å². The summed E-state index contributed by atoms with van der Waals surface area (Å²) >= 11 is 0. The molecular weight excluding hydrogens is 205 g/mol. The lowest BCUT2D eigenvalue weighted by atomic mass is 10.1. The van der Waals surface area contributed by atoms with Crippen LogP contribution < -0.4 is 0 Å². The quantitative estimate of drug-likeness (QED) is 0.562. The predicted molar refractivity (Wildman–Crippen MR) is 48.5 cm³/mol. The van der Waals surface area contributed by atoms with E-state index in [4.69, 9.17) is 0 Å². The van der Waals surface area contributed by atoms with E-state index >= 15 is 0 Å². The molecule has 15 heavy (non-hydrogen) atoms. The molecule has 0 spiro atoms. The zero-order chi connectivity index (χ0) is 11.3. The molecule has 1 aromatic rings. The molecule has 0 saturated heterocycles. The number of nitro groups is 1. The second kappa shape index (κ2) is 5.04. The SMILES string of the molecule is O=C(OF)c1ccc(CC[N+](=O)[O-])cc1. The van der Waals surface area contributed by atoms with Crippen LogP contribution in [0.4, 0.5) is 4.53 Å². The van der Waals surface area contributed by atoms with E-state index < -0.39 is 10.9 Å². The van der Waals surface area contributed by atoms with E-state index in [0.29, 0.717) is 5.56 Å². The van der Waals surface area contributed by atoms with E-state index in [1.165, 1.54) is 24.3 Å². The number of hydrogen-bond acceptors (Lipinski definition) is 4. The Hall–Kier alpha value is -1.98. The molecule has 0 aliphatic carbocycles. The van der Waals surface area contributed by atoms with Crippen molar-refractivity contribution in [2.24, 2.45) is 0 Å². The monoisotopic (exact) mass is 213 g/mol. The van der Waals surface area contributed by atoms with Gasteiger partial charge in [-0.05, 0) is 17.7 Å². The van der Waals surface area contributed by atoms with Crippen LogP contribution in [0.2, 0.25) is 0 Å². The van der Waals surface area contributed by atoms with E-state index in [2.05, 4.69) is 4.94 Å². The maximum absolute atomic E-state index is 11.5. The van der Waals surface area contributed by atoms with Crippen molar-refractivity contribution in [2.75, 3.05) is 6.54 Å². The molecule has 0 aliphatic rings. The first-order chi connectivity index (χ1) is 7.13. The Morgan fingerprint density at radius 2 is 2.00 bits per heavy atom. The number of carbonyl (C=O) groups excluding carboxylic acids is 1. The van der Waals surface area contributed by atoms with Gasteiger partial charge in [-0.3, -0.25) is 10.1 Å². The molecule has 0 saturated carbocycles. The minimum Gasteiger partial charge on any atom is -0.265 e. The Bertz CT molecular complexity index is 363. The first kappa shape index (κ1) is 11.1. The highest BCUT2D eigenvalue weighted by molar-refractivity contribution is 5.88. The van der Waals surface area contributed by atoms with Crippen LogP contribution >= 0.6 is 0 Å². The van der Waals surface area contributed by atoms with Gasteiger partial charge in [0, 0.05) is 15.9 Å². The molecule has 0 atom stereocenters. The molecule has 0 bridgehead atoms. The molecule has 80 valence electrons. The summed E-state index contributed by atoms with van der Waals surface area (Å²) in [7, 11) is 0.